The molecule has 0 unspecified atom stereocenters. The van der Waals surface area contributed by atoms with E-state index >= 15 is 0 Å². The van der Waals surface area contributed by atoms with E-state index in [2.05, 4.69) is 0 Å². The van der Waals surface area contributed by atoms with Gasteiger partial charge in [0.2, 0.25) is 5.91 Å². The average Bonchev–Trinajstić information content (AvgIpc) is 2.27. The summed E-state index contributed by atoms with van der Waals surface area (Å²) in [6, 6.07) is 6.32. The van der Waals surface area contributed by atoms with Crippen LogP contribution in [0.15, 0.2) is 24.3 Å². The van der Waals surface area contributed by atoms with Crippen LogP contribution in [0.4, 0.5) is 0 Å². The van der Waals surface area contributed by atoms with E-state index in [1.807, 2.05) is 6.92 Å². The van der Waals surface area contributed by atoms with Gasteiger partial charge in [-0.05, 0) is 31.2 Å². The number of hydrogen-bond donors (Lipinski definition) is 1. The molecule has 0 saturated carbocycles. The van der Waals surface area contributed by atoms with Crippen molar-refractivity contribution in [2.45, 2.75) is 6.92 Å². The zero-order valence-electron chi connectivity index (χ0n) is 8.86. The Balaban J connectivity index is 2.89. The van der Waals surface area contributed by atoms with Crippen molar-refractivity contribution in [2.75, 3.05) is 13.6 Å². The number of carbonyl (C=O) groups excluding carboxylic acids is 2. The first-order chi connectivity index (χ1) is 7.06. The van der Waals surface area contributed by atoms with Crippen LogP contribution in [0.3, 0.4) is 0 Å². The first-order valence-electron chi connectivity index (χ1n) is 4.71. The number of amides is 2. The van der Waals surface area contributed by atoms with Crippen LogP contribution in [0, 0.1) is 0 Å². The molecule has 0 heterocycles. The van der Waals surface area contributed by atoms with Crippen molar-refractivity contribution >= 4 is 11.8 Å². The van der Waals surface area contributed by atoms with Crippen molar-refractivity contribution in [3.63, 3.8) is 0 Å². The molecule has 1 aromatic rings. The molecule has 0 spiro atoms. The molecular formula is C11H14N2O2. The van der Waals surface area contributed by atoms with Crippen LogP contribution in [0.2, 0.25) is 0 Å². The second-order valence-electron chi connectivity index (χ2n) is 3.26. The fourth-order valence-electron chi connectivity index (χ4n) is 1.14. The Kier molecular flexibility index (Phi) is 3.44. The Hall–Kier alpha value is -1.84. The van der Waals surface area contributed by atoms with E-state index < -0.39 is 5.91 Å². The molecule has 0 aliphatic heterocycles. The van der Waals surface area contributed by atoms with E-state index in [0.29, 0.717) is 17.7 Å². The maximum Gasteiger partial charge on any atom is 0.253 e. The van der Waals surface area contributed by atoms with Crippen molar-refractivity contribution in [1.82, 2.24) is 4.90 Å². The lowest BCUT2D eigenvalue weighted by atomic mass is 10.1. The Labute approximate surface area is 88.7 Å². The van der Waals surface area contributed by atoms with Gasteiger partial charge >= 0.3 is 0 Å². The number of hydrogen-bond acceptors (Lipinski definition) is 2. The minimum atomic E-state index is -0.488. The van der Waals surface area contributed by atoms with E-state index in [-0.39, 0.29) is 5.91 Å². The highest BCUT2D eigenvalue weighted by atomic mass is 16.2. The standard InChI is InChI=1S/C11H14N2O2/c1-3-13(2)11(15)9-6-4-8(5-7-9)10(12)14/h4-7H,3H2,1-2H3,(H2,12,14). The third-order valence-corrected chi connectivity index (χ3v) is 2.24. The average molecular weight is 206 g/mol. The zero-order chi connectivity index (χ0) is 11.4. The Morgan fingerprint density at radius 1 is 1.20 bits per heavy atom. The highest BCUT2D eigenvalue weighted by Crippen LogP contribution is 2.06. The zero-order valence-corrected chi connectivity index (χ0v) is 8.86. The normalized spacial score (nSPS) is 9.73. The van der Waals surface area contributed by atoms with Crippen molar-refractivity contribution < 1.29 is 9.59 Å². The summed E-state index contributed by atoms with van der Waals surface area (Å²) in [5, 5.41) is 0. The van der Waals surface area contributed by atoms with Crippen LogP contribution in [0.5, 0.6) is 0 Å². The lowest BCUT2D eigenvalue weighted by Crippen LogP contribution is -2.26. The largest absolute Gasteiger partial charge is 0.366 e. The quantitative estimate of drug-likeness (QED) is 0.797. The minimum absolute atomic E-state index is 0.0616. The first kappa shape index (κ1) is 11.2. The molecule has 0 aromatic heterocycles. The summed E-state index contributed by atoms with van der Waals surface area (Å²) in [4.78, 5) is 24.1. The van der Waals surface area contributed by atoms with E-state index in [1.54, 1.807) is 36.2 Å². The number of rotatable bonds is 3. The second kappa shape index (κ2) is 4.59. The third kappa shape index (κ3) is 2.56. The van der Waals surface area contributed by atoms with Gasteiger partial charge in [0.1, 0.15) is 0 Å². The smallest absolute Gasteiger partial charge is 0.253 e. The Bertz CT molecular complexity index is 371. The summed E-state index contributed by atoms with van der Waals surface area (Å²) in [5.41, 5.74) is 6.06. The van der Waals surface area contributed by atoms with Crippen LogP contribution in [-0.2, 0) is 0 Å². The molecule has 15 heavy (non-hydrogen) atoms. The molecule has 0 bridgehead atoms. The maximum atomic E-state index is 11.7. The predicted octanol–water partition coefficient (Wildman–Crippen LogP) is 0.877. The molecule has 1 aromatic carbocycles. The van der Waals surface area contributed by atoms with Crippen molar-refractivity contribution in [3.05, 3.63) is 35.4 Å². The molecule has 0 atom stereocenters. The molecule has 4 heteroatoms. The topological polar surface area (TPSA) is 63.4 Å². The molecule has 0 fully saturated rings. The predicted molar refractivity (Wildman–Crippen MR) is 57.6 cm³/mol. The maximum absolute atomic E-state index is 11.7. The molecule has 2 amide bonds. The molecule has 4 nitrogen and oxygen atoms in total. The number of nitrogens with two attached hydrogens (primary N) is 1. The highest BCUT2D eigenvalue weighted by Gasteiger charge is 2.09. The first-order valence-corrected chi connectivity index (χ1v) is 4.71. The van der Waals surface area contributed by atoms with Gasteiger partial charge in [0.15, 0.2) is 0 Å². The summed E-state index contributed by atoms with van der Waals surface area (Å²) in [5.74, 6) is -0.550. The van der Waals surface area contributed by atoms with Crippen molar-refractivity contribution in [1.29, 1.82) is 0 Å². The molecule has 80 valence electrons. The van der Waals surface area contributed by atoms with Gasteiger partial charge in [-0.3, -0.25) is 9.59 Å². The van der Waals surface area contributed by atoms with E-state index in [1.165, 1.54) is 0 Å². The highest BCUT2D eigenvalue weighted by molar-refractivity contribution is 5.97. The fraction of sp³-hybridized carbons (Fsp3) is 0.273. The van der Waals surface area contributed by atoms with Crippen LogP contribution < -0.4 is 5.73 Å². The van der Waals surface area contributed by atoms with Gasteiger partial charge in [0, 0.05) is 24.7 Å². The summed E-state index contributed by atoms with van der Waals surface area (Å²) >= 11 is 0. The van der Waals surface area contributed by atoms with E-state index in [0.717, 1.165) is 0 Å². The third-order valence-electron chi connectivity index (χ3n) is 2.24. The fourth-order valence-corrected chi connectivity index (χ4v) is 1.14. The monoisotopic (exact) mass is 206 g/mol. The lowest BCUT2D eigenvalue weighted by molar-refractivity contribution is 0.0802. The molecular weight excluding hydrogens is 192 g/mol. The lowest BCUT2D eigenvalue weighted by Gasteiger charge is -2.14. The van der Waals surface area contributed by atoms with E-state index in [9.17, 15) is 9.59 Å². The summed E-state index contributed by atoms with van der Waals surface area (Å²) < 4.78 is 0. The van der Waals surface area contributed by atoms with Gasteiger partial charge in [-0.25, -0.2) is 0 Å². The Morgan fingerprint density at radius 3 is 2.07 bits per heavy atom. The van der Waals surface area contributed by atoms with Crippen LogP contribution in [0.25, 0.3) is 0 Å². The number of carbonyl (C=O) groups is 2. The van der Waals surface area contributed by atoms with Crippen LogP contribution >= 0.6 is 0 Å². The van der Waals surface area contributed by atoms with Gasteiger partial charge < -0.3 is 10.6 Å². The Morgan fingerprint density at radius 2 is 1.67 bits per heavy atom. The second-order valence-corrected chi connectivity index (χ2v) is 3.26. The molecule has 0 aliphatic rings. The minimum Gasteiger partial charge on any atom is -0.366 e. The van der Waals surface area contributed by atoms with Crippen molar-refractivity contribution in [3.8, 4) is 0 Å². The molecule has 0 radical (unpaired) electrons. The molecule has 0 aliphatic carbocycles. The summed E-state index contributed by atoms with van der Waals surface area (Å²) in [6.07, 6.45) is 0. The molecule has 2 N–H and O–H groups in total. The summed E-state index contributed by atoms with van der Waals surface area (Å²) in [7, 11) is 1.73. The SMILES string of the molecule is CCN(C)C(=O)c1ccc(C(N)=O)cc1. The van der Waals surface area contributed by atoms with Gasteiger partial charge in [0.25, 0.3) is 5.91 Å². The van der Waals surface area contributed by atoms with Crippen LogP contribution in [0.1, 0.15) is 27.6 Å². The van der Waals surface area contributed by atoms with Gasteiger partial charge in [-0.15, -0.1) is 0 Å². The van der Waals surface area contributed by atoms with Gasteiger partial charge in [-0.2, -0.15) is 0 Å². The molecule has 0 saturated heterocycles. The van der Waals surface area contributed by atoms with Gasteiger partial charge in [-0.1, -0.05) is 0 Å². The van der Waals surface area contributed by atoms with E-state index in [4.69, 9.17) is 5.73 Å². The summed E-state index contributed by atoms with van der Waals surface area (Å²) in [6.45, 7) is 2.55. The number of benzene rings is 1. The number of nitrogens with zero attached hydrogens (tertiary/aromatic N) is 1. The van der Waals surface area contributed by atoms with Crippen molar-refractivity contribution in [2.24, 2.45) is 5.73 Å². The van der Waals surface area contributed by atoms with Crippen LogP contribution in [-0.4, -0.2) is 30.3 Å². The number of primary amides is 1. The van der Waals surface area contributed by atoms with Gasteiger partial charge in [0.05, 0.1) is 0 Å². The molecule has 1 rings (SSSR count).